The lowest BCUT2D eigenvalue weighted by Gasteiger charge is -2.17. The Morgan fingerprint density at radius 3 is 1.73 bits per heavy atom. The van der Waals surface area contributed by atoms with Gasteiger partial charge in [0.1, 0.15) is 5.69 Å². The monoisotopic (exact) mass is 846 g/mol. The van der Waals surface area contributed by atoms with Gasteiger partial charge in [-0.1, -0.05) is 133 Å². The number of para-hydroxylation sites is 1. The predicted molar refractivity (Wildman–Crippen MR) is 274 cm³/mol. The van der Waals surface area contributed by atoms with E-state index in [-0.39, 0.29) is 0 Å². The second kappa shape index (κ2) is 12.0. The molecule has 0 bridgehead atoms. The van der Waals surface area contributed by atoms with Crippen molar-refractivity contribution in [2.24, 2.45) is 0 Å². The summed E-state index contributed by atoms with van der Waals surface area (Å²) in [5.74, 6) is 0.826. The number of fused-ring (bicyclic) bond motifs is 13. The van der Waals surface area contributed by atoms with E-state index in [1.165, 1.54) is 100 Å². The van der Waals surface area contributed by atoms with E-state index >= 15 is 0 Å². The van der Waals surface area contributed by atoms with E-state index < -0.39 is 0 Å². The van der Waals surface area contributed by atoms with Crippen LogP contribution < -0.4 is 0 Å². The molecule has 16 aromatic rings. The minimum atomic E-state index is 0.826. The normalized spacial score (nSPS) is 12.7. The summed E-state index contributed by atoms with van der Waals surface area (Å²) in [6.07, 6.45) is 0. The third kappa shape index (κ3) is 4.18. The first-order chi connectivity index (χ1) is 31.7. The van der Waals surface area contributed by atoms with Crippen LogP contribution in [0.25, 0.3) is 150 Å². The van der Waals surface area contributed by atoms with Crippen molar-refractivity contribution in [1.82, 2.24) is 18.9 Å². The van der Waals surface area contributed by atoms with Crippen LogP contribution in [0.3, 0.4) is 0 Å². The van der Waals surface area contributed by atoms with Gasteiger partial charge in [-0.05, 0) is 70.4 Å². The second-order valence-electron chi connectivity index (χ2n) is 17.2. The molecule has 64 heavy (non-hydrogen) atoms. The number of hydrogen-bond donors (Lipinski definition) is 0. The molecular weight excluding hydrogens is 817 g/mol. The molecule has 6 heteroatoms. The Kier molecular flexibility index (Phi) is 6.30. The lowest BCUT2D eigenvalue weighted by Crippen LogP contribution is -2.04. The highest BCUT2D eigenvalue weighted by atomic mass is 32.1. The molecule has 0 aliphatic rings. The van der Waals surface area contributed by atoms with E-state index in [1.54, 1.807) is 0 Å². The molecule has 6 aromatic heterocycles. The molecule has 0 N–H and O–H groups in total. The highest BCUT2D eigenvalue weighted by Crippen LogP contribution is 2.51. The smallest absolute Gasteiger partial charge is 0.165 e. The van der Waals surface area contributed by atoms with E-state index in [9.17, 15) is 0 Å². The molecule has 0 saturated carbocycles. The van der Waals surface area contributed by atoms with Crippen molar-refractivity contribution in [3.05, 3.63) is 182 Å². The summed E-state index contributed by atoms with van der Waals surface area (Å²) < 4.78 is 10.2. The fourth-order valence-corrected chi connectivity index (χ4v) is 13.6. The molecule has 0 saturated heterocycles. The van der Waals surface area contributed by atoms with Crippen molar-refractivity contribution in [2.75, 3.05) is 0 Å². The predicted octanol–water partition coefficient (Wildman–Crippen LogP) is 16.5. The van der Waals surface area contributed by atoms with Crippen LogP contribution in [0.1, 0.15) is 0 Å². The van der Waals surface area contributed by atoms with Gasteiger partial charge in [0, 0.05) is 78.2 Å². The van der Waals surface area contributed by atoms with E-state index in [1.807, 2.05) is 22.7 Å². The number of benzene rings is 10. The van der Waals surface area contributed by atoms with Crippen LogP contribution in [0.2, 0.25) is 0 Å². The van der Waals surface area contributed by atoms with Crippen LogP contribution in [-0.4, -0.2) is 18.9 Å². The van der Waals surface area contributed by atoms with Crippen molar-refractivity contribution in [3.63, 3.8) is 0 Å². The molecule has 0 amide bonds. The van der Waals surface area contributed by atoms with E-state index in [0.717, 1.165) is 49.9 Å². The van der Waals surface area contributed by atoms with Crippen molar-refractivity contribution in [1.29, 1.82) is 0 Å². The van der Waals surface area contributed by atoms with Gasteiger partial charge in [0.05, 0.1) is 38.6 Å². The molecule has 0 atom stereocenters. The highest BCUT2D eigenvalue weighted by Gasteiger charge is 2.28. The Bertz CT molecular complexity index is 4660. The SMILES string of the molecule is c1ccc2c(c1)sc1cc(-c3ccc(-c4nc5c6ccccc6c6ccccc6c5nc4-n4c5ccc6sc7ccc8c9ccccc9n9c%10cccc4c%10c5c6c7c89)cc3)ccc12. The fourth-order valence-electron chi connectivity index (χ4n) is 11.3. The summed E-state index contributed by atoms with van der Waals surface area (Å²) in [5.41, 5.74) is 12.0. The van der Waals surface area contributed by atoms with E-state index in [4.69, 9.17) is 9.97 Å². The lowest BCUT2D eigenvalue weighted by molar-refractivity contribution is 1.08. The quantitative estimate of drug-likeness (QED) is 0.166. The van der Waals surface area contributed by atoms with Crippen molar-refractivity contribution in [3.8, 4) is 28.2 Å². The van der Waals surface area contributed by atoms with Gasteiger partial charge in [-0.2, -0.15) is 0 Å². The van der Waals surface area contributed by atoms with Gasteiger partial charge in [-0.25, -0.2) is 9.97 Å². The van der Waals surface area contributed by atoms with Crippen LogP contribution in [0.15, 0.2) is 182 Å². The molecule has 16 rings (SSSR count). The van der Waals surface area contributed by atoms with Crippen LogP contribution in [-0.2, 0) is 0 Å². The Morgan fingerprint density at radius 1 is 0.328 bits per heavy atom. The molecular formula is C58H30N4S2. The maximum Gasteiger partial charge on any atom is 0.165 e. The third-order valence-electron chi connectivity index (χ3n) is 14.0. The van der Waals surface area contributed by atoms with Gasteiger partial charge in [-0.15, -0.1) is 22.7 Å². The zero-order valence-electron chi connectivity index (χ0n) is 33.9. The number of thiophene rings is 2. The molecule has 0 aliphatic heterocycles. The zero-order chi connectivity index (χ0) is 41.4. The largest absolute Gasteiger partial charge is 0.308 e. The van der Waals surface area contributed by atoms with Gasteiger partial charge in [0.15, 0.2) is 5.82 Å². The Morgan fingerprint density at radius 2 is 0.906 bits per heavy atom. The number of aromatic nitrogens is 4. The second-order valence-corrected chi connectivity index (χ2v) is 19.4. The number of rotatable bonds is 3. The molecule has 294 valence electrons. The first-order valence-corrected chi connectivity index (χ1v) is 23.4. The Hall–Kier alpha value is -7.90. The first kappa shape index (κ1) is 33.7. The average Bonchev–Trinajstić information content (AvgIpc) is 4.09. The Labute approximate surface area is 371 Å². The van der Waals surface area contributed by atoms with Gasteiger partial charge in [-0.3, -0.25) is 4.57 Å². The van der Waals surface area contributed by atoms with Crippen LogP contribution in [0.5, 0.6) is 0 Å². The molecule has 0 unspecified atom stereocenters. The molecule has 4 nitrogen and oxygen atoms in total. The molecule has 10 aromatic carbocycles. The molecule has 0 aliphatic carbocycles. The summed E-state index contributed by atoms with van der Waals surface area (Å²) in [4.78, 5) is 11.6. The minimum absolute atomic E-state index is 0.826. The molecule has 6 heterocycles. The minimum Gasteiger partial charge on any atom is -0.308 e. The average molecular weight is 847 g/mol. The van der Waals surface area contributed by atoms with Crippen molar-refractivity contribution >= 4 is 145 Å². The number of nitrogens with zero attached hydrogens (tertiary/aromatic N) is 4. The van der Waals surface area contributed by atoms with Crippen molar-refractivity contribution < 1.29 is 0 Å². The topological polar surface area (TPSA) is 35.1 Å². The fraction of sp³-hybridized carbons (Fsp3) is 0. The molecule has 0 radical (unpaired) electrons. The summed E-state index contributed by atoms with van der Waals surface area (Å²) in [5, 5.41) is 14.9. The number of hydrogen-bond acceptors (Lipinski definition) is 4. The van der Waals surface area contributed by atoms with Crippen LogP contribution >= 0.6 is 22.7 Å². The Balaban J connectivity index is 1.03. The first-order valence-electron chi connectivity index (χ1n) is 21.7. The third-order valence-corrected chi connectivity index (χ3v) is 16.3. The lowest BCUT2D eigenvalue weighted by atomic mass is 9.98. The van der Waals surface area contributed by atoms with Crippen LogP contribution in [0, 0.1) is 0 Å². The summed E-state index contributed by atoms with van der Waals surface area (Å²) in [7, 11) is 0. The van der Waals surface area contributed by atoms with E-state index in [2.05, 4.69) is 191 Å². The van der Waals surface area contributed by atoms with Crippen molar-refractivity contribution in [2.45, 2.75) is 0 Å². The van der Waals surface area contributed by atoms with Crippen LogP contribution in [0.4, 0.5) is 0 Å². The zero-order valence-corrected chi connectivity index (χ0v) is 35.6. The summed E-state index contributed by atoms with van der Waals surface area (Å²) in [6, 6.07) is 67.0. The van der Waals surface area contributed by atoms with Gasteiger partial charge < -0.3 is 4.40 Å². The van der Waals surface area contributed by atoms with E-state index in [0.29, 0.717) is 0 Å². The molecule has 0 fully saturated rings. The summed E-state index contributed by atoms with van der Waals surface area (Å²) >= 11 is 3.75. The van der Waals surface area contributed by atoms with Gasteiger partial charge in [0.2, 0.25) is 0 Å². The standard InChI is InChI=1S/C58H30N4S2/c1-3-14-39-34(10-1)35-11-2-4-15-40(35)56-55(39)59-54(32-22-20-31(21-23-32)33-24-25-38-37-13-6-8-19-46(37)63-49(38)30-33)58(60-56)62-44-18-9-17-43-50(44)51-45(62)27-29-47-52(51)53-48(64-47)28-26-41-36-12-5-7-16-42(36)61(43)57(41)53/h1-30H. The van der Waals surface area contributed by atoms with Gasteiger partial charge >= 0.3 is 0 Å². The maximum absolute atomic E-state index is 5.86. The maximum atomic E-state index is 5.86. The highest BCUT2D eigenvalue weighted by molar-refractivity contribution is 7.26. The molecule has 0 spiro atoms. The summed E-state index contributed by atoms with van der Waals surface area (Å²) in [6.45, 7) is 0. The van der Waals surface area contributed by atoms with Gasteiger partial charge in [0.25, 0.3) is 0 Å².